The number of aromatic amines is 1. The molecule has 6 heteroatoms. The molecule has 0 aliphatic rings. The molecule has 2 aromatic rings. The maximum atomic E-state index is 11.9. The summed E-state index contributed by atoms with van der Waals surface area (Å²) in [5, 5.41) is 10.9. The minimum Gasteiger partial charge on any atom is -0.309 e. The van der Waals surface area contributed by atoms with E-state index in [0.29, 0.717) is 28.7 Å². The summed E-state index contributed by atoms with van der Waals surface area (Å²) in [4.78, 5) is 11.9. The molecule has 1 heterocycles. The molecule has 0 fully saturated rings. The van der Waals surface area contributed by atoms with E-state index in [2.05, 4.69) is 22.4 Å². The average Bonchev–Trinajstić information content (AvgIpc) is 2.85. The largest absolute Gasteiger partial charge is 0.309 e. The van der Waals surface area contributed by atoms with Crippen LogP contribution in [0.15, 0.2) is 24.3 Å². The zero-order valence-corrected chi connectivity index (χ0v) is 13.3. The molecular formula is C15H17Cl2N3O. The van der Waals surface area contributed by atoms with E-state index in [1.54, 1.807) is 12.1 Å². The summed E-state index contributed by atoms with van der Waals surface area (Å²) in [5.74, 6) is 0.473. The van der Waals surface area contributed by atoms with Crippen LogP contribution < -0.4 is 5.32 Å². The van der Waals surface area contributed by atoms with Gasteiger partial charge in [-0.2, -0.15) is 5.10 Å². The van der Waals surface area contributed by atoms with Crippen LogP contribution >= 0.6 is 23.2 Å². The highest BCUT2D eigenvalue weighted by Gasteiger charge is 2.08. The lowest BCUT2D eigenvalue weighted by atomic mass is 10.1. The first-order chi connectivity index (χ1) is 10.1. The molecule has 0 spiro atoms. The van der Waals surface area contributed by atoms with Gasteiger partial charge in [0.05, 0.1) is 0 Å². The van der Waals surface area contributed by atoms with Crippen LogP contribution in [0.25, 0.3) is 0 Å². The van der Waals surface area contributed by atoms with Crippen molar-refractivity contribution < 1.29 is 4.79 Å². The van der Waals surface area contributed by atoms with Crippen molar-refractivity contribution in [2.75, 3.05) is 5.32 Å². The monoisotopic (exact) mass is 325 g/mol. The molecular weight excluding hydrogens is 309 g/mol. The second-order valence-corrected chi connectivity index (χ2v) is 5.66. The summed E-state index contributed by atoms with van der Waals surface area (Å²) in [6.07, 6.45) is 2.86. The summed E-state index contributed by atoms with van der Waals surface area (Å²) < 4.78 is 0. The van der Waals surface area contributed by atoms with Crippen LogP contribution in [0, 0.1) is 0 Å². The number of nitrogens with zero attached hydrogens (tertiary/aromatic N) is 1. The Labute approximate surface area is 133 Å². The number of H-pyrrole nitrogens is 1. The molecule has 0 unspecified atom stereocenters. The number of benzene rings is 1. The molecule has 0 saturated heterocycles. The Morgan fingerprint density at radius 3 is 2.81 bits per heavy atom. The average molecular weight is 326 g/mol. The quantitative estimate of drug-likeness (QED) is 0.834. The smallest absolute Gasteiger partial charge is 0.225 e. The molecule has 0 bridgehead atoms. The third kappa shape index (κ3) is 4.76. The molecule has 21 heavy (non-hydrogen) atoms. The molecule has 0 aliphatic carbocycles. The third-order valence-electron chi connectivity index (χ3n) is 3.05. The fourth-order valence-electron chi connectivity index (χ4n) is 2.00. The fraction of sp³-hybridized carbons (Fsp3) is 0.333. The number of aromatic nitrogens is 2. The van der Waals surface area contributed by atoms with Crippen molar-refractivity contribution in [1.29, 1.82) is 0 Å². The topological polar surface area (TPSA) is 57.8 Å². The first-order valence-corrected chi connectivity index (χ1v) is 7.62. The van der Waals surface area contributed by atoms with Gasteiger partial charge >= 0.3 is 0 Å². The van der Waals surface area contributed by atoms with Gasteiger partial charge in [0.1, 0.15) is 0 Å². The lowest BCUT2D eigenvalue weighted by molar-refractivity contribution is -0.116. The van der Waals surface area contributed by atoms with Crippen LogP contribution in [0.4, 0.5) is 5.82 Å². The van der Waals surface area contributed by atoms with Gasteiger partial charge in [0, 0.05) is 28.2 Å². The van der Waals surface area contributed by atoms with Crippen LogP contribution in [-0.4, -0.2) is 16.1 Å². The highest BCUT2D eigenvalue weighted by Crippen LogP contribution is 2.22. The fourth-order valence-corrected chi connectivity index (χ4v) is 2.50. The van der Waals surface area contributed by atoms with E-state index in [4.69, 9.17) is 23.2 Å². The number of amides is 1. The zero-order valence-electron chi connectivity index (χ0n) is 11.7. The Hall–Kier alpha value is -1.52. The Morgan fingerprint density at radius 1 is 1.29 bits per heavy atom. The highest BCUT2D eigenvalue weighted by atomic mass is 35.5. The predicted octanol–water partition coefficient (Wildman–Crippen LogP) is 4.24. The van der Waals surface area contributed by atoms with Crippen LogP contribution in [0.3, 0.4) is 0 Å². The Bertz CT molecular complexity index is 625. The number of carbonyl (C=O) groups excluding carboxylic acids is 1. The number of hydrogen-bond donors (Lipinski definition) is 2. The van der Waals surface area contributed by atoms with Gasteiger partial charge in [-0.05, 0) is 30.5 Å². The van der Waals surface area contributed by atoms with Crippen molar-refractivity contribution in [3.8, 4) is 0 Å². The molecule has 0 saturated carbocycles. The molecule has 4 nitrogen and oxygen atoms in total. The van der Waals surface area contributed by atoms with Gasteiger partial charge in [-0.1, -0.05) is 42.6 Å². The summed E-state index contributed by atoms with van der Waals surface area (Å²) in [5.41, 5.74) is 1.93. The van der Waals surface area contributed by atoms with Gasteiger partial charge in [0.25, 0.3) is 0 Å². The predicted molar refractivity (Wildman–Crippen MR) is 86.0 cm³/mol. The van der Waals surface area contributed by atoms with Crippen molar-refractivity contribution in [1.82, 2.24) is 10.2 Å². The molecule has 2 rings (SSSR count). The standard InChI is InChI=1S/C15H17Cl2N3O/c1-2-3-12-9-14(20-19-12)18-15(21)7-5-10-4-6-11(16)8-13(10)17/h4,6,8-9H,2-3,5,7H2,1H3,(H2,18,19,20,21). The van der Waals surface area contributed by atoms with E-state index in [-0.39, 0.29) is 5.91 Å². The molecule has 1 aromatic carbocycles. The number of carbonyl (C=O) groups is 1. The minimum atomic E-state index is -0.0874. The van der Waals surface area contributed by atoms with Gasteiger partial charge in [-0.15, -0.1) is 0 Å². The van der Waals surface area contributed by atoms with E-state index in [1.807, 2.05) is 12.1 Å². The van der Waals surface area contributed by atoms with Crippen molar-refractivity contribution >= 4 is 34.9 Å². The van der Waals surface area contributed by atoms with E-state index in [1.165, 1.54) is 0 Å². The van der Waals surface area contributed by atoms with E-state index >= 15 is 0 Å². The van der Waals surface area contributed by atoms with Crippen molar-refractivity contribution in [2.45, 2.75) is 32.6 Å². The summed E-state index contributed by atoms with van der Waals surface area (Å²) >= 11 is 11.9. The number of anilines is 1. The highest BCUT2D eigenvalue weighted by molar-refractivity contribution is 6.35. The Kier molecular flexibility index (Phi) is 5.65. The van der Waals surface area contributed by atoms with E-state index in [9.17, 15) is 4.79 Å². The summed E-state index contributed by atoms with van der Waals surface area (Å²) in [6.45, 7) is 2.09. The maximum Gasteiger partial charge on any atom is 0.225 e. The number of nitrogens with one attached hydrogen (secondary N) is 2. The van der Waals surface area contributed by atoms with E-state index in [0.717, 1.165) is 24.1 Å². The molecule has 0 radical (unpaired) electrons. The number of rotatable bonds is 6. The summed E-state index contributed by atoms with van der Waals surface area (Å²) in [6, 6.07) is 7.15. The van der Waals surface area contributed by atoms with E-state index < -0.39 is 0 Å². The van der Waals surface area contributed by atoms with Crippen LogP contribution in [0.2, 0.25) is 10.0 Å². The molecule has 1 aromatic heterocycles. The number of hydrogen-bond acceptors (Lipinski definition) is 2. The zero-order chi connectivity index (χ0) is 15.2. The summed E-state index contributed by atoms with van der Waals surface area (Å²) in [7, 11) is 0. The maximum absolute atomic E-state index is 11.9. The van der Waals surface area contributed by atoms with Gasteiger partial charge in [-0.25, -0.2) is 0 Å². The van der Waals surface area contributed by atoms with Crippen LogP contribution in [0.1, 0.15) is 31.0 Å². The number of aryl methyl sites for hydroxylation is 2. The number of halogens is 2. The third-order valence-corrected chi connectivity index (χ3v) is 3.64. The first kappa shape index (κ1) is 15.9. The Morgan fingerprint density at radius 2 is 2.10 bits per heavy atom. The lowest BCUT2D eigenvalue weighted by Gasteiger charge is -2.05. The van der Waals surface area contributed by atoms with Crippen molar-refractivity contribution in [2.24, 2.45) is 0 Å². The molecule has 0 aliphatic heterocycles. The van der Waals surface area contributed by atoms with Gasteiger partial charge in [0.15, 0.2) is 5.82 Å². The van der Waals surface area contributed by atoms with Gasteiger partial charge < -0.3 is 5.32 Å². The molecule has 0 atom stereocenters. The SMILES string of the molecule is CCCc1cc(NC(=O)CCc2ccc(Cl)cc2Cl)n[nH]1. The second-order valence-electron chi connectivity index (χ2n) is 4.81. The minimum absolute atomic E-state index is 0.0874. The van der Waals surface area contributed by atoms with Gasteiger partial charge in [-0.3, -0.25) is 9.89 Å². The normalized spacial score (nSPS) is 10.6. The van der Waals surface area contributed by atoms with Crippen LogP contribution in [-0.2, 0) is 17.6 Å². The van der Waals surface area contributed by atoms with Crippen LogP contribution in [0.5, 0.6) is 0 Å². The van der Waals surface area contributed by atoms with Crippen molar-refractivity contribution in [3.05, 3.63) is 45.6 Å². The van der Waals surface area contributed by atoms with Crippen molar-refractivity contribution in [3.63, 3.8) is 0 Å². The molecule has 112 valence electrons. The van der Waals surface area contributed by atoms with Gasteiger partial charge in [0.2, 0.25) is 5.91 Å². The first-order valence-electron chi connectivity index (χ1n) is 6.86. The molecule has 1 amide bonds. The second kappa shape index (κ2) is 7.48. The Balaban J connectivity index is 1.86. The molecule has 2 N–H and O–H groups in total. The lowest BCUT2D eigenvalue weighted by Crippen LogP contribution is -2.12.